The van der Waals surface area contributed by atoms with E-state index in [-0.39, 0.29) is 34.1 Å². The Hall–Kier alpha value is -4.19. The minimum Gasteiger partial charge on any atom is -0.373 e. The van der Waals surface area contributed by atoms with Crippen molar-refractivity contribution in [2.75, 3.05) is 12.4 Å². The molecule has 188 valence electrons. The Morgan fingerprint density at radius 3 is 2.81 bits per heavy atom. The van der Waals surface area contributed by atoms with Gasteiger partial charge in [0.05, 0.1) is 34.2 Å². The number of fused-ring (bicyclic) bond motifs is 1. The molecule has 2 aliphatic heterocycles. The Labute approximate surface area is 214 Å². The number of nitrogens with one attached hydrogen (secondary N) is 2. The summed E-state index contributed by atoms with van der Waals surface area (Å²) in [6, 6.07) is 5.85. The van der Waals surface area contributed by atoms with Gasteiger partial charge in [-0.3, -0.25) is 4.79 Å². The molecule has 10 nitrogen and oxygen atoms in total. The average Bonchev–Trinajstić information content (AvgIpc) is 3.66. The van der Waals surface area contributed by atoms with E-state index >= 15 is 4.39 Å². The third-order valence-corrected chi connectivity index (χ3v) is 7.10. The topological polar surface area (TPSA) is 118 Å². The standard InChI is InChI=1S/C24H20ClF2N9O/c1-28-19-7-3-14(23(27)32-19)16-10-29-24(31-16)18-5-2-13-8-12(9-20(37)36(13)18)21-17(35-11-30-33-34-35)6-4-15(25)22(21)26/h3-4,6-7,9-11,13,18H,2,5,8H2,1H3,(H,28,32)(H,29,31)/t13-,18-/m1/s1. The van der Waals surface area contributed by atoms with E-state index in [9.17, 15) is 9.18 Å². The molecular formula is C24H20ClF2N9O. The number of pyridine rings is 1. The van der Waals surface area contributed by atoms with Gasteiger partial charge in [-0.2, -0.15) is 9.07 Å². The second kappa shape index (κ2) is 9.04. The number of carbonyl (C=O) groups is 1. The Bertz CT molecular complexity index is 1540. The first-order valence-corrected chi connectivity index (χ1v) is 12.0. The highest BCUT2D eigenvalue weighted by molar-refractivity contribution is 6.31. The molecule has 0 spiro atoms. The SMILES string of the molecule is CNc1ccc(-c2cnc([C@H]3CC[C@@H]4CC(c5c(-n6cnnn6)ccc(Cl)c5F)=CC(=O)N43)[nH]2)c(F)n1. The van der Waals surface area contributed by atoms with Gasteiger partial charge in [-0.1, -0.05) is 11.6 Å². The van der Waals surface area contributed by atoms with Gasteiger partial charge in [-0.15, -0.1) is 5.10 Å². The Morgan fingerprint density at radius 2 is 2.05 bits per heavy atom. The highest BCUT2D eigenvalue weighted by Gasteiger charge is 2.42. The Balaban J connectivity index is 1.31. The summed E-state index contributed by atoms with van der Waals surface area (Å²) in [4.78, 5) is 26.6. The number of imidazole rings is 1. The number of aromatic amines is 1. The second-order valence-corrected chi connectivity index (χ2v) is 9.25. The molecule has 1 saturated heterocycles. The first kappa shape index (κ1) is 23.2. The lowest BCUT2D eigenvalue weighted by molar-refractivity contribution is -0.129. The molecule has 2 atom stereocenters. The molecule has 4 aromatic rings. The lowest BCUT2D eigenvalue weighted by Crippen LogP contribution is -2.39. The summed E-state index contributed by atoms with van der Waals surface area (Å²) in [6.45, 7) is 0. The van der Waals surface area contributed by atoms with Crippen LogP contribution in [-0.2, 0) is 4.79 Å². The summed E-state index contributed by atoms with van der Waals surface area (Å²) < 4.78 is 31.1. The summed E-state index contributed by atoms with van der Waals surface area (Å²) in [6.07, 6.45) is 6.10. The van der Waals surface area contributed by atoms with Gasteiger partial charge in [-0.25, -0.2) is 14.4 Å². The minimum absolute atomic E-state index is 0.0560. The van der Waals surface area contributed by atoms with Gasteiger partial charge in [0.1, 0.15) is 18.0 Å². The van der Waals surface area contributed by atoms with Crippen LogP contribution in [0, 0.1) is 11.8 Å². The van der Waals surface area contributed by atoms with E-state index in [2.05, 4.69) is 35.8 Å². The van der Waals surface area contributed by atoms with E-state index in [1.807, 2.05) is 0 Å². The molecule has 0 radical (unpaired) electrons. The molecule has 0 bridgehead atoms. The Kier molecular flexibility index (Phi) is 5.67. The number of hydrogen-bond acceptors (Lipinski definition) is 7. The van der Waals surface area contributed by atoms with Crippen LogP contribution in [0.4, 0.5) is 14.6 Å². The number of H-pyrrole nitrogens is 1. The normalized spacial score (nSPS) is 19.2. The van der Waals surface area contributed by atoms with Crippen molar-refractivity contribution in [2.24, 2.45) is 0 Å². The molecule has 0 saturated carbocycles. The van der Waals surface area contributed by atoms with Crippen LogP contribution in [0.1, 0.15) is 36.7 Å². The van der Waals surface area contributed by atoms with Crippen LogP contribution in [0.3, 0.4) is 0 Å². The zero-order valence-electron chi connectivity index (χ0n) is 19.5. The molecule has 2 N–H and O–H groups in total. The lowest BCUT2D eigenvalue weighted by Gasteiger charge is -2.33. The van der Waals surface area contributed by atoms with Gasteiger partial charge in [0.15, 0.2) is 5.82 Å². The zero-order valence-corrected chi connectivity index (χ0v) is 20.2. The fraction of sp³-hybridized carbons (Fsp3) is 0.250. The maximum Gasteiger partial charge on any atom is 0.247 e. The molecular weight excluding hydrogens is 504 g/mol. The molecule has 3 aromatic heterocycles. The number of nitrogens with zero attached hydrogens (tertiary/aromatic N) is 7. The van der Waals surface area contributed by atoms with Gasteiger partial charge in [0.2, 0.25) is 11.9 Å². The van der Waals surface area contributed by atoms with Crippen molar-refractivity contribution in [3.8, 4) is 16.9 Å². The van der Waals surface area contributed by atoms with E-state index in [1.54, 1.807) is 30.1 Å². The van der Waals surface area contributed by atoms with E-state index < -0.39 is 11.8 Å². The number of hydrogen-bond donors (Lipinski definition) is 2. The molecule has 5 heterocycles. The highest BCUT2D eigenvalue weighted by atomic mass is 35.5. The third kappa shape index (κ3) is 3.93. The lowest BCUT2D eigenvalue weighted by atomic mass is 9.92. The van der Waals surface area contributed by atoms with Crippen LogP contribution >= 0.6 is 11.6 Å². The van der Waals surface area contributed by atoms with Crippen LogP contribution in [-0.4, -0.2) is 59.1 Å². The van der Waals surface area contributed by atoms with Gasteiger partial charge in [-0.05, 0) is 59.5 Å². The van der Waals surface area contributed by atoms with Crippen molar-refractivity contribution in [2.45, 2.75) is 31.3 Å². The monoisotopic (exact) mass is 523 g/mol. The molecule has 37 heavy (non-hydrogen) atoms. The fourth-order valence-electron chi connectivity index (χ4n) is 5.12. The van der Waals surface area contributed by atoms with E-state index in [0.29, 0.717) is 47.9 Å². The third-order valence-electron chi connectivity index (χ3n) is 6.81. The van der Waals surface area contributed by atoms with Crippen LogP contribution in [0.15, 0.2) is 42.9 Å². The molecule has 0 unspecified atom stereocenters. The van der Waals surface area contributed by atoms with Crippen LogP contribution < -0.4 is 5.32 Å². The maximum absolute atomic E-state index is 15.3. The number of amides is 1. The quantitative estimate of drug-likeness (QED) is 0.380. The number of tetrazole rings is 1. The molecule has 1 fully saturated rings. The van der Waals surface area contributed by atoms with Gasteiger partial charge >= 0.3 is 0 Å². The summed E-state index contributed by atoms with van der Waals surface area (Å²) in [5, 5.41) is 13.9. The smallest absolute Gasteiger partial charge is 0.247 e. The van der Waals surface area contributed by atoms with Crippen molar-refractivity contribution in [1.29, 1.82) is 0 Å². The first-order valence-electron chi connectivity index (χ1n) is 11.6. The highest BCUT2D eigenvalue weighted by Crippen LogP contribution is 2.44. The second-order valence-electron chi connectivity index (χ2n) is 8.84. The number of aromatic nitrogens is 7. The average molecular weight is 524 g/mol. The summed E-state index contributed by atoms with van der Waals surface area (Å²) in [7, 11) is 1.66. The zero-order chi connectivity index (χ0) is 25.7. The number of carbonyl (C=O) groups excluding carboxylic acids is 1. The largest absolute Gasteiger partial charge is 0.373 e. The molecule has 1 aromatic carbocycles. The molecule has 13 heteroatoms. The number of halogens is 3. The van der Waals surface area contributed by atoms with Gasteiger partial charge in [0, 0.05) is 24.7 Å². The van der Waals surface area contributed by atoms with E-state index in [4.69, 9.17) is 11.6 Å². The van der Waals surface area contributed by atoms with Crippen LogP contribution in [0.2, 0.25) is 5.02 Å². The van der Waals surface area contributed by atoms with E-state index in [1.165, 1.54) is 29.3 Å². The molecule has 2 aliphatic rings. The summed E-state index contributed by atoms with van der Waals surface area (Å²) >= 11 is 6.09. The maximum atomic E-state index is 15.3. The Morgan fingerprint density at radius 1 is 1.19 bits per heavy atom. The van der Waals surface area contributed by atoms with E-state index in [0.717, 1.165) is 0 Å². The number of rotatable bonds is 5. The first-order chi connectivity index (χ1) is 17.9. The molecule has 1 amide bonds. The van der Waals surface area contributed by atoms with Crippen molar-refractivity contribution in [3.05, 3.63) is 71.0 Å². The summed E-state index contributed by atoms with van der Waals surface area (Å²) in [5.74, 6) is -0.550. The minimum atomic E-state index is -0.632. The van der Waals surface area contributed by atoms with Crippen molar-refractivity contribution >= 4 is 28.9 Å². The van der Waals surface area contributed by atoms with Gasteiger partial charge in [0.25, 0.3) is 0 Å². The summed E-state index contributed by atoms with van der Waals surface area (Å²) in [5.41, 5.74) is 1.87. The van der Waals surface area contributed by atoms with Gasteiger partial charge < -0.3 is 15.2 Å². The number of anilines is 1. The van der Waals surface area contributed by atoms with Crippen LogP contribution in [0.5, 0.6) is 0 Å². The fourth-order valence-corrected chi connectivity index (χ4v) is 5.28. The van der Waals surface area contributed by atoms with Crippen LogP contribution in [0.25, 0.3) is 22.5 Å². The number of benzene rings is 1. The predicted octanol–water partition coefficient (Wildman–Crippen LogP) is 3.94. The van der Waals surface area contributed by atoms with Crippen molar-refractivity contribution in [1.82, 2.24) is 40.1 Å². The molecule has 0 aliphatic carbocycles. The molecule has 6 rings (SSSR count). The van der Waals surface area contributed by atoms with Crippen molar-refractivity contribution < 1.29 is 13.6 Å². The van der Waals surface area contributed by atoms with Crippen molar-refractivity contribution in [3.63, 3.8) is 0 Å². The predicted molar refractivity (Wildman–Crippen MR) is 131 cm³/mol.